The van der Waals surface area contributed by atoms with E-state index < -0.39 is 4.92 Å². The molecular weight excluding hydrogens is 418 g/mol. The lowest BCUT2D eigenvalue weighted by Crippen LogP contribution is -2.21. The molecule has 33 heavy (non-hydrogen) atoms. The van der Waals surface area contributed by atoms with Gasteiger partial charge in [0.25, 0.3) is 11.6 Å². The van der Waals surface area contributed by atoms with Crippen molar-refractivity contribution in [2.75, 3.05) is 5.01 Å². The van der Waals surface area contributed by atoms with E-state index in [0.29, 0.717) is 22.5 Å². The highest BCUT2D eigenvalue weighted by molar-refractivity contribution is 6.34. The van der Waals surface area contributed by atoms with Crippen molar-refractivity contribution in [2.24, 2.45) is 5.10 Å². The Balaban J connectivity index is 1.84. The SMILES string of the molecule is CC1=NN(c2ccccc2)C(=O)/C1=C(/C=C\c1cc([N+](=O)[O-])ccc1O)c1ccc(C)cc1. The Labute approximate surface area is 190 Å². The van der Waals surface area contributed by atoms with E-state index in [-0.39, 0.29) is 22.9 Å². The highest BCUT2D eigenvalue weighted by atomic mass is 16.6. The summed E-state index contributed by atoms with van der Waals surface area (Å²) in [5.41, 5.74) is 4.21. The Hall–Kier alpha value is -4.52. The molecule has 0 fully saturated rings. The first-order chi connectivity index (χ1) is 15.8. The number of hydrogen-bond donors (Lipinski definition) is 1. The smallest absolute Gasteiger partial charge is 0.281 e. The highest BCUT2D eigenvalue weighted by Crippen LogP contribution is 2.32. The monoisotopic (exact) mass is 439 g/mol. The number of benzene rings is 3. The van der Waals surface area contributed by atoms with Gasteiger partial charge in [-0.05, 0) is 43.2 Å². The maximum absolute atomic E-state index is 13.4. The standard InChI is InChI=1S/C26H21N3O4/c1-17-8-10-19(11-9-17)23(14-12-20-16-22(29(32)33)13-15-24(20)30)25-18(2)27-28(26(25)31)21-6-4-3-5-7-21/h3-16,30H,1-2H3/b14-12-,25-23-. The maximum Gasteiger partial charge on any atom is 0.281 e. The van der Waals surface area contributed by atoms with Crippen LogP contribution in [0.15, 0.2) is 89.5 Å². The largest absolute Gasteiger partial charge is 0.507 e. The number of carbonyl (C=O) groups is 1. The van der Waals surface area contributed by atoms with Gasteiger partial charge in [-0.25, -0.2) is 0 Å². The van der Waals surface area contributed by atoms with Crippen molar-refractivity contribution in [2.45, 2.75) is 13.8 Å². The van der Waals surface area contributed by atoms with Gasteiger partial charge in [0.15, 0.2) is 0 Å². The molecule has 164 valence electrons. The molecule has 7 nitrogen and oxygen atoms in total. The molecule has 0 radical (unpaired) electrons. The van der Waals surface area contributed by atoms with Crippen molar-refractivity contribution in [1.82, 2.24) is 0 Å². The van der Waals surface area contributed by atoms with Crippen LogP contribution in [-0.2, 0) is 4.79 Å². The number of anilines is 1. The molecule has 3 aromatic carbocycles. The topological polar surface area (TPSA) is 96.0 Å². The number of hydrazone groups is 1. The van der Waals surface area contributed by atoms with Crippen LogP contribution in [0.5, 0.6) is 5.75 Å². The molecule has 1 amide bonds. The van der Waals surface area contributed by atoms with Gasteiger partial charge in [0.1, 0.15) is 5.75 Å². The number of aromatic hydroxyl groups is 1. The van der Waals surface area contributed by atoms with Gasteiger partial charge in [-0.2, -0.15) is 10.1 Å². The summed E-state index contributed by atoms with van der Waals surface area (Å²) < 4.78 is 0. The number of para-hydroxylation sites is 1. The van der Waals surface area contributed by atoms with Crippen LogP contribution in [0.25, 0.3) is 11.6 Å². The number of allylic oxidation sites excluding steroid dienone is 2. The summed E-state index contributed by atoms with van der Waals surface area (Å²) in [6, 6.07) is 20.6. The predicted molar refractivity (Wildman–Crippen MR) is 129 cm³/mol. The molecule has 0 unspecified atom stereocenters. The van der Waals surface area contributed by atoms with Gasteiger partial charge in [-0.1, -0.05) is 60.2 Å². The zero-order chi connectivity index (χ0) is 23.5. The third kappa shape index (κ3) is 4.43. The average Bonchev–Trinajstić information content (AvgIpc) is 3.10. The normalized spacial score (nSPS) is 15.2. The van der Waals surface area contributed by atoms with E-state index in [0.717, 1.165) is 11.1 Å². The van der Waals surface area contributed by atoms with Crippen LogP contribution in [0, 0.1) is 17.0 Å². The average molecular weight is 439 g/mol. The van der Waals surface area contributed by atoms with Crippen molar-refractivity contribution in [3.63, 3.8) is 0 Å². The number of rotatable bonds is 5. The molecule has 3 aromatic rings. The van der Waals surface area contributed by atoms with Crippen LogP contribution < -0.4 is 5.01 Å². The van der Waals surface area contributed by atoms with E-state index in [2.05, 4.69) is 5.10 Å². The summed E-state index contributed by atoms with van der Waals surface area (Å²) in [6.45, 7) is 3.74. The fourth-order valence-corrected chi connectivity index (χ4v) is 3.58. The number of amides is 1. The van der Waals surface area contributed by atoms with Gasteiger partial charge < -0.3 is 5.11 Å². The minimum Gasteiger partial charge on any atom is -0.507 e. The second kappa shape index (κ2) is 8.92. The molecule has 1 aliphatic heterocycles. The van der Waals surface area contributed by atoms with Crippen molar-refractivity contribution in [3.05, 3.63) is 111 Å². The molecule has 0 saturated carbocycles. The highest BCUT2D eigenvalue weighted by Gasteiger charge is 2.31. The fraction of sp³-hybridized carbons (Fsp3) is 0.0769. The molecule has 1 N–H and O–H groups in total. The van der Waals surface area contributed by atoms with E-state index in [4.69, 9.17) is 0 Å². The number of non-ortho nitro benzene ring substituents is 1. The molecular formula is C26H21N3O4. The summed E-state index contributed by atoms with van der Waals surface area (Å²) in [5, 5.41) is 27.2. The van der Waals surface area contributed by atoms with Crippen LogP contribution in [0.3, 0.4) is 0 Å². The Kier molecular flexibility index (Phi) is 5.87. The number of phenols is 1. The molecule has 1 heterocycles. The van der Waals surface area contributed by atoms with E-state index in [9.17, 15) is 20.0 Å². The fourth-order valence-electron chi connectivity index (χ4n) is 3.58. The first-order valence-corrected chi connectivity index (χ1v) is 10.3. The third-order valence-electron chi connectivity index (χ3n) is 5.30. The molecule has 0 aliphatic carbocycles. The summed E-state index contributed by atoms with van der Waals surface area (Å²) >= 11 is 0. The molecule has 0 spiro atoms. The van der Waals surface area contributed by atoms with Crippen molar-refractivity contribution in [1.29, 1.82) is 0 Å². The number of phenolic OH excluding ortho intramolecular Hbond substituents is 1. The molecule has 0 atom stereocenters. The number of hydrogen-bond acceptors (Lipinski definition) is 5. The van der Waals surface area contributed by atoms with Gasteiger partial charge in [-0.3, -0.25) is 14.9 Å². The molecule has 0 bridgehead atoms. The second-order valence-corrected chi connectivity index (χ2v) is 7.63. The van der Waals surface area contributed by atoms with Gasteiger partial charge in [0, 0.05) is 17.7 Å². The van der Waals surface area contributed by atoms with Gasteiger partial charge in [-0.15, -0.1) is 0 Å². The number of nitro benzene ring substituents is 1. The summed E-state index contributed by atoms with van der Waals surface area (Å²) in [7, 11) is 0. The first kappa shape index (κ1) is 21.7. The second-order valence-electron chi connectivity index (χ2n) is 7.63. The molecule has 1 aliphatic rings. The van der Waals surface area contributed by atoms with Gasteiger partial charge in [0.2, 0.25) is 0 Å². The summed E-state index contributed by atoms with van der Waals surface area (Å²) in [5.74, 6) is -0.374. The van der Waals surface area contributed by atoms with Gasteiger partial charge in [0.05, 0.1) is 21.9 Å². The first-order valence-electron chi connectivity index (χ1n) is 10.3. The van der Waals surface area contributed by atoms with Crippen LogP contribution >= 0.6 is 0 Å². The Morgan fingerprint density at radius 2 is 1.73 bits per heavy atom. The van der Waals surface area contributed by atoms with Crippen LogP contribution in [-0.4, -0.2) is 21.6 Å². The lowest BCUT2D eigenvalue weighted by molar-refractivity contribution is -0.384. The lowest BCUT2D eigenvalue weighted by atomic mass is 9.95. The predicted octanol–water partition coefficient (Wildman–Crippen LogP) is 5.50. The zero-order valence-corrected chi connectivity index (χ0v) is 18.1. The van der Waals surface area contributed by atoms with Crippen molar-refractivity contribution in [3.8, 4) is 5.75 Å². The van der Waals surface area contributed by atoms with Crippen LogP contribution in [0.2, 0.25) is 0 Å². The number of carbonyl (C=O) groups excluding carboxylic acids is 1. The quantitative estimate of drug-likeness (QED) is 0.323. The van der Waals surface area contributed by atoms with Crippen LogP contribution in [0.4, 0.5) is 11.4 Å². The van der Waals surface area contributed by atoms with Crippen molar-refractivity contribution < 1.29 is 14.8 Å². The number of nitro groups is 1. The van der Waals surface area contributed by atoms with Crippen LogP contribution in [0.1, 0.15) is 23.6 Å². The third-order valence-corrected chi connectivity index (χ3v) is 5.30. The van der Waals surface area contributed by atoms with E-state index >= 15 is 0 Å². The molecule has 0 aromatic heterocycles. The van der Waals surface area contributed by atoms with E-state index in [1.165, 1.54) is 23.2 Å². The Morgan fingerprint density at radius 1 is 1.03 bits per heavy atom. The lowest BCUT2D eigenvalue weighted by Gasteiger charge is -2.13. The number of nitrogens with zero attached hydrogens (tertiary/aromatic N) is 3. The molecule has 4 rings (SSSR count). The van der Waals surface area contributed by atoms with Gasteiger partial charge >= 0.3 is 0 Å². The minimum absolute atomic E-state index is 0.0980. The Morgan fingerprint density at radius 3 is 2.39 bits per heavy atom. The van der Waals surface area contributed by atoms with E-state index in [1.807, 2.05) is 49.4 Å². The van der Waals surface area contributed by atoms with Crippen molar-refractivity contribution >= 4 is 34.6 Å². The number of aryl methyl sites for hydroxylation is 1. The van der Waals surface area contributed by atoms with E-state index in [1.54, 1.807) is 31.2 Å². The summed E-state index contributed by atoms with van der Waals surface area (Å²) in [4.78, 5) is 24.0. The Bertz CT molecular complexity index is 1320. The molecule has 0 saturated heterocycles. The molecule has 7 heteroatoms. The minimum atomic E-state index is -0.523. The summed E-state index contributed by atoms with van der Waals surface area (Å²) in [6.07, 6.45) is 3.25. The zero-order valence-electron chi connectivity index (χ0n) is 18.1. The maximum atomic E-state index is 13.4.